The highest BCUT2D eigenvalue weighted by Gasteiger charge is 2.06. The molecule has 1 nitrogen and oxygen atoms in total. The summed E-state index contributed by atoms with van der Waals surface area (Å²) in [7, 11) is 0. The zero-order valence-corrected chi connectivity index (χ0v) is 10.1. The van der Waals surface area contributed by atoms with E-state index in [1.807, 2.05) is 0 Å². The molecule has 0 fully saturated rings. The molecule has 0 heterocycles. The van der Waals surface area contributed by atoms with E-state index in [1.54, 1.807) is 0 Å². The van der Waals surface area contributed by atoms with Gasteiger partial charge < -0.3 is 5.32 Å². The van der Waals surface area contributed by atoms with Crippen LogP contribution in [0.2, 0.25) is 0 Å². The molecular formula is C12H27N. The van der Waals surface area contributed by atoms with Gasteiger partial charge in [0.15, 0.2) is 0 Å². The van der Waals surface area contributed by atoms with Gasteiger partial charge in [-0.05, 0) is 31.2 Å². The zero-order chi connectivity index (χ0) is 10.3. The molecule has 0 rings (SSSR count). The van der Waals surface area contributed by atoms with Crippen molar-refractivity contribution in [3.8, 4) is 0 Å². The summed E-state index contributed by atoms with van der Waals surface area (Å²) < 4.78 is 0. The van der Waals surface area contributed by atoms with Crippen LogP contribution in [0, 0.1) is 11.8 Å². The number of hydrogen-bond acceptors (Lipinski definition) is 1. The van der Waals surface area contributed by atoms with Gasteiger partial charge in [0.05, 0.1) is 0 Å². The Kier molecular flexibility index (Phi) is 7.35. The molecule has 13 heavy (non-hydrogen) atoms. The molecule has 0 amide bonds. The van der Waals surface area contributed by atoms with Crippen LogP contribution >= 0.6 is 0 Å². The molecule has 2 unspecified atom stereocenters. The van der Waals surface area contributed by atoms with Gasteiger partial charge in [-0.1, -0.05) is 41.0 Å². The maximum absolute atomic E-state index is 3.47. The van der Waals surface area contributed by atoms with Crippen molar-refractivity contribution in [2.24, 2.45) is 11.8 Å². The third-order valence-electron chi connectivity index (χ3n) is 2.69. The predicted molar refractivity (Wildman–Crippen MR) is 61.0 cm³/mol. The Labute approximate surface area is 84.3 Å². The topological polar surface area (TPSA) is 12.0 Å². The minimum atomic E-state index is 0.635. The maximum Gasteiger partial charge on any atom is 0.00103 e. The quantitative estimate of drug-likeness (QED) is 0.640. The van der Waals surface area contributed by atoms with Crippen molar-refractivity contribution in [3.05, 3.63) is 0 Å². The Bertz CT molecular complexity index is 110. The SMILES string of the molecule is CCC(C)CC(C)CCNC(C)C. The van der Waals surface area contributed by atoms with Gasteiger partial charge in [-0.25, -0.2) is 0 Å². The Hall–Kier alpha value is -0.0400. The molecule has 0 bridgehead atoms. The van der Waals surface area contributed by atoms with Crippen molar-refractivity contribution in [3.63, 3.8) is 0 Å². The first-order chi connectivity index (χ1) is 6.06. The maximum atomic E-state index is 3.47. The molecule has 0 aromatic heterocycles. The highest BCUT2D eigenvalue weighted by Crippen LogP contribution is 2.16. The van der Waals surface area contributed by atoms with Gasteiger partial charge in [0, 0.05) is 6.04 Å². The molecule has 0 spiro atoms. The van der Waals surface area contributed by atoms with Crippen molar-refractivity contribution >= 4 is 0 Å². The molecule has 0 aliphatic rings. The van der Waals surface area contributed by atoms with Crippen molar-refractivity contribution in [1.29, 1.82) is 0 Å². The summed E-state index contributed by atoms with van der Waals surface area (Å²) >= 11 is 0. The highest BCUT2D eigenvalue weighted by molar-refractivity contribution is 4.61. The first kappa shape index (κ1) is 13.0. The van der Waals surface area contributed by atoms with Gasteiger partial charge in [-0.15, -0.1) is 0 Å². The molecule has 1 N–H and O–H groups in total. The molecule has 0 aliphatic heterocycles. The standard InChI is InChI=1S/C12H27N/c1-6-11(4)9-12(5)7-8-13-10(2)3/h10-13H,6-9H2,1-5H3. The van der Waals surface area contributed by atoms with Crippen molar-refractivity contribution in [2.75, 3.05) is 6.54 Å². The Morgan fingerprint density at radius 2 is 1.62 bits per heavy atom. The lowest BCUT2D eigenvalue weighted by Gasteiger charge is -2.16. The van der Waals surface area contributed by atoms with E-state index in [9.17, 15) is 0 Å². The molecule has 0 radical (unpaired) electrons. The summed E-state index contributed by atoms with van der Waals surface area (Å²) in [5, 5.41) is 3.47. The molecular weight excluding hydrogens is 158 g/mol. The second-order valence-corrected chi connectivity index (χ2v) is 4.75. The minimum Gasteiger partial charge on any atom is -0.315 e. The van der Waals surface area contributed by atoms with E-state index in [1.165, 1.54) is 25.8 Å². The van der Waals surface area contributed by atoms with E-state index in [0.29, 0.717) is 6.04 Å². The fourth-order valence-corrected chi connectivity index (χ4v) is 1.59. The van der Waals surface area contributed by atoms with Crippen LogP contribution in [0.3, 0.4) is 0 Å². The second-order valence-electron chi connectivity index (χ2n) is 4.75. The summed E-state index contributed by atoms with van der Waals surface area (Å²) in [4.78, 5) is 0. The molecule has 1 heteroatoms. The summed E-state index contributed by atoms with van der Waals surface area (Å²) in [6.07, 6.45) is 4.03. The van der Waals surface area contributed by atoms with Gasteiger partial charge in [-0.3, -0.25) is 0 Å². The molecule has 2 atom stereocenters. The van der Waals surface area contributed by atoms with Crippen molar-refractivity contribution in [2.45, 2.75) is 59.9 Å². The molecule has 0 aliphatic carbocycles. The van der Waals surface area contributed by atoms with Crippen LogP contribution < -0.4 is 5.32 Å². The largest absolute Gasteiger partial charge is 0.315 e. The monoisotopic (exact) mass is 185 g/mol. The highest BCUT2D eigenvalue weighted by atomic mass is 14.9. The zero-order valence-electron chi connectivity index (χ0n) is 10.1. The number of hydrogen-bond donors (Lipinski definition) is 1. The third-order valence-corrected chi connectivity index (χ3v) is 2.69. The van der Waals surface area contributed by atoms with Crippen LogP contribution in [-0.2, 0) is 0 Å². The molecule has 0 aromatic rings. The van der Waals surface area contributed by atoms with Crippen LogP contribution in [0.25, 0.3) is 0 Å². The van der Waals surface area contributed by atoms with E-state index >= 15 is 0 Å². The van der Waals surface area contributed by atoms with E-state index in [-0.39, 0.29) is 0 Å². The lowest BCUT2D eigenvalue weighted by molar-refractivity contribution is 0.376. The lowest BCUT2D eigenvalue weighted by atomic mass is 9.93. The summed E-state index contributed by atoms with van der Waals surface area (Å²) in [5.41, 5.74) is 0. The molecule has 0 saturated heterocycles. The van der Waals surface area contributed by atoms with Crippen LogP contribution in [0.4, 0.5) is 0 Å². The summed E-state index contributed by atoms with van der Waals surface area (Å²) in [6, 6.07) is 0.635. The first-order valence-corrected chi connectivity index (χ1v) is 5.79. The predicted octanol–water partition coefficient (Wildman–Crippen LogP) is 3.45. The van der Waals surface area contributed by atoms with E-state index in [0.717, 1.165) is 11.8 Å². The third kappa shape index (κ3) is 8.29. The number of rotatable bonds is 7. The first-order valence-electron chi connectivity index (χ1n) is 5.79. The van der Waals surface area contributed by atoms with Crippen LogP contribution in [0.1, 0.15) is 53.9 Å². The van der Waals surface area contributed by atoms with Crippen LogP contribution in [-0.4, -0.2) is 12.6 Å². The fourth-order valence-electron chi connectivity index (χ4n) is 1.59. The molecule has 80 valence electrons. The van der Waals surface area contributed by atoms with Crippen molar-refractivity contribution < 1.29 is 0 Å². The average molecular weight is 185 g/mol. The van der Waals surface area contributed by atoms with Crippen LogP contribution in [0.5, 0.6) is 0 Å². The minimum absolute atomic E-state index is 0.635. The van der Waals surface area contributed by atoms with E-state index in [4.69, 9.17) is 0 Å². The smallest absolute Gasteiger partial charge is 0.00103 e. The van der Waals surface area contributed by atoms with Gasteiger partial charge in [0.1, 0.15) is 0 Å². The normalized spacial score (nSPS) is 16.2. The number of nitrogens with one attached hydrogen (secondary N) is 1. The average Bonchev–Trinajstić information content (AvgIpc) is 2.03. The Morgan fingerprint density at radius 3 is 2.08 bits per heavy atom. The van der Waals surface area contributed by atoms with Gasteiger partial charge in [0.25, 0.3) is 0 Å². The van der Waals surface area contributed by atoms with Gasteiger partial charge >= 0.3 is 0 Å². The fraction of sp³-hybridized carbons (Fsp3) is 1.00. The van der Waals surface area contributed by atoms with Crippen molar-refractivity contribution in [1.82, 2.24) is 5.32 Å². The van der Waals surface area contributed by atoms with E-state index in [2.05, 4.69) is 39.9 Å². The summed E-state index contributed by atoms with van der Waals surface area (Å²) in [6.45, 7) is 12.6. The molecule has 0 saturated carbocycles. The lowest BCUT2D eigenvalue weighted by Crippen LogP contribution is -2.25. The summed E-state index contributed by atoms with van der Waals surface area (Å²) in [5.74, 6) is 1.77. The van der Waals surface area contributed by atoms with Gasteiger partial charge in [0.2, 0.25) is 0 Å². The Morgan fingerprint density at radius 1 is 1.00 bits per heavy atom. The van der Waals surface area contributed by atoms with Gasteiger partial charge in [-0.2, -0.15) is 0 Å². The Balaban J connectivity index is 3.34. The molecule has 0 aromatic carbocycles. The van der Waals surface area contributed by atoms with E-state index < -0.39 is 0 Å². The second kappa shape index (κ2) is 7.37. The van der Waals surface area contributed by atoms with Crippen LogP contribution in [0.15, 0.2) is 0 Å².